The fraction of sp³-hybridized carbons (Fsp3) is 0.429. The molecule has 0 aliphatic carbocycles. The molecule has 0 bridgehead atoms. The smallest absolute Gasteiger partial charge is 0.0728 e. The first kappa shape index (κ1) is 14.5. The Labute approximate surface area is 124 Å². The first-order chi connectivity index (χ1) is 8.74. The van der Waals surface area contributed by atoms with E-state index in [0.717, 1.165) is 0 Å². The highest BCUT2D eigenvalue weighted by atomic mass is 35.7. The fourth-order valence-corrected chi connectivity index (χ4v) is 7.20. The highest BCUT2D eigenvalue weighted by molar-refractivity contribution is 8.01. The molecule has 0 fully saturated rings. The molecule has 0 spiro atoms. The summed E-state index contributed by atoms with van der Waals surface area (Å²) in [5, 5.41) is 0. The lowest BCUT2D eigenvalue weighted by Crippen LogP contribution is -1.99. The normalized spacial score (nSPS) is 11.3. The predicted octanol–water partition coefficient (Wildman–Crippen LogP) is 5.30. The van der Waals surface area contributed by atoms with Crippen LogP contribution in [0.4, 0.5) is 0 Å². The van der Waals surface area contributed by atoms with Crippen molar-refractivity contribution in [3.8, 4) is 0 Å². The van der Waals surface area contributed by atoms with Crippen molar-refractivity contribution >= 4 is 50.4 Å². The van der Waals surface area contributed by atoms with Crippen LogP contribution in [0.25, 0.3) is 0 Å². The number of hydrogen-bond donors (Lipinski definition) is 0. The second kappa shape index (κ2) is 7.05. The lowest BCUT2D eigenvalue weighted by molar-refractivity contribution is 0.940. The quantitative estimate of drug-likeness (QED) is 0.634. The molecule has 0 aliphatic rings. The van der Waals surface area contributed by atoms with E-state index in [2.05, 4.69) is 38.1 Å². The van der Waals surface area contributed by atoms with E-state index < -0.39 is 7.27 Å². The zero-order valence-electron chi connectivity index (χ0n) is 10.8. The number of halogens is 1. The molecule has 0 aromatic carbocycles. The third kappa shape index (κ3) is 3.57. The molecular formula is C14H18ClPS2. The van der Waals surface area contributed by atoms with E-state index in [4.69, 9.17) is 11.2 Å². The van der Waals surface area contributed by atoms with E-state index in [1.165, 1.54) is 44.7 Å². The zero-order valence-corrected chi connectivity index (χ0v) is 14.1. The second-order valence-electron chi connectivity index (χ2n) is 4.26. The summed E-state index contributed by atoms with van der Waals surface area (Å²) in [4.78, 5) is 2.93. The molecule has 0 aliphatic heterocycles. The summed E-state index contributed by atoms with van der Waals surface area (Å²) < 4.78 is 2.69. The van der Waals surface area contributed by atoms with Gasteiger partial charge in [0.05, 0.1) is 7.27 Å². The molecule has 0 N–H and O–H groups in total. The Morgan fingerprint density at radius 3 is 1.72 bits per heavy atom. The van der Waals surface area contributed by atoms with Gasteiger partial charge >= 0.3 is 0 Å². The molecule has 0 amide bonds. The average molecular weight is 317 g/mol. The van der Waals surface area contributed by atoms with Crippen LogP contribution in [0, 0.1) is 0 Å². The lowest BCUT2D eigenvalue weighted by atomic mass is 10.3. The molecule has 0 saturated heterocycles. The van der Waals surface area contributed by atoms with Crippen molar-refractivity contribution in [3.63, 3.8) is 0 Å². The average Bonchev–Trinajstić information content (AvgIpc) is 2.98. The van der Waals surface area contributed by atoms with E-state index in [1.54, 1.807) is 0 Å². The molecule has 0 nitrogen and oxygen atoms in total. The predicted molar refractivity (Wildman–Crippen MR) is 88.7 cm³/mol. The Bertz CT molecular complexity index is 445. The monoisotopic (exact) mass is 316 g/mol. The van der Waals surface area contributed by atoms with Crippen molar-refractivity contribution in [1.29, 1.82) is 0 Å². The number of rotatable bonds is 6. The van der Waals surface area contributed by atoms with Gasteiger partial charge in [0.15, 0.2) is 0 Å². The highest BCUT2D eigenvalue weighted by Crippen LogP contribution is 2.43. The molecule has 18 heavy (non-hydrogen) atoms. The summed E-state index contributed by atoms with van der Waals surface area (Å²) >= 11 is 10.4. The van der Waals surface area contributed by atoms with Crippen molar-refractivity contribution < 1.29 is 0 Å². The van der Waals surface area contributed by atoms with Crippen LogP contribution in [-0.4, -0.2) is 0 Å². The minimum Gasteiger partial charge on any atom is -0.139 e. The van der Waals surface area contributed by atoms with E-state index in [-0.39, 0.29) is 0 Å². The third-order valence-corrected chi connectivity index (χ3v) is 8.98. The van der Waals surface area contributed by atoms with Gasteiger partial charge in [0, 0.05) is 19.0 Å². The maximum absolute atomic E-state index is 6.64. The van der Waals surface area contributed by atoms with Crippen LogP contribution >= 0.6 is 41.2 Å². The van der Waals surface area contributed by atoms with E-state index >= 15 is 0 Å². The largest absolute Gasteiger partial charge is 0.139 e. The van der Waals surface area contributed by atoms with Gasteiger partial charge in [0.25, 0.3) is 0 Å². The summed E-state index contributed by atoms with van der Waals surface area (Å²) in [6.07, 6.45) is 4.77. The number of thiophene rings is 2. The summed E-state index contributed by atoms with van der Waals surface area (Å²) in [5.41, 5.74) is 0. The minimum atomic E-state index is -0.641. The Kier molecular flexibility index (Phi) is 5.69. The van der Waals surface area contributed by atoms with E-state index in [9.17, 15) is 0 Å². The standard InChI is InChI=1S/C14H18ClPS2/c1-3-5-11-7-9-13(17-11)16(15)14-10-8-12(18-14)6-4-2/h7-10H,3-6H2,1-2H3. The molecule has 0 unspecified atom stereocenters. The van der Waals surface area contributed by atoms with Gasteiger partial charge in [0.1, 0.15) is 0 Å². The topological polar surface area (TPSA) is 0 Å². The maximum atomic E-state index is 6.64. The van der Waals surface area contributed by atoms with E-state index in [0.29, 0.717) is 0 Å². The SMILES string of the molecule is CCCc1ccc(P(Cl)c2ccc(CCC)s2)s1. The summed E-state index contributed by atoms with van der Waals surface area (Å²) in [6.45, 7) is 4.44. The molecule has 2 aromatic heterocycles. The van der Waals surface area contributed by atoms with E-state index in [1.807, 2.05) is 22.7 Å². The van der Waals surface area contributed by atoms with Gasteiger partial charge in [0.2, 0.25) is 0 Å². The zero-order chi connectivity index (χ0) is 13.0. The van der Waals surface area contributed by atoms with Crippen LogP contribution in [0.3, 0.4) is 0 Å². The van der Waals surface area contributed by atoms with Crippen LogP contribution in [0.2, 0.25) is 0 Å². The Morgan fingerprint density at radius 2 is 1.33 bits per heavy atom. The molecule has 98 valence electrons. The summed E-state index contributed by atoms with van der Waals surface area (Å²) in [5.74, 6) is 0. The van der Waals surface area contributed by atoms with Crippen LogP contribution in [-0.2, 0) is 12.8 Å². The summed E-state index contributed by atoms with van der Waals surface area (Å²) in [6, 6.07) is 8.91. The van der Waals surface area contributed by atoms with Crippen molar-refractivity contribution in [3.05, 3.63) is 34.0 Å². The highest BCUT2D eigenvalue weighted by Gasteiger charge is 2.15. The molecule has 2 heterocycles. The minimum absolute atomic E-state index is 0.641. The molecule has 0 atom stereocenters. The van der Waals surface area contributed by atoms with Crippen LogP contribution in [0.15, 0.2) is 24.3 Å². The summed E-state index contributed by atoms with van der Waals surface area (Å²) in [7, 11) is -0.641. The number of hydrogen-bond acceptors (Lipinski definition) is 2. The van der Waals surface area contributed by atoms with Gasteiger partial charge in [-0.25, -0.2) is 0 Å². The van der Waals surface area contributed by atoms with Gasteiger partial charge in [-0.15, -0.1) is 22.7 Å². The fourth-order valence-electron chi connectivity index (χ4n) is 1.81. The first-order valence-corrected chi connectivity index (χ1v) is 10.3. The van der Waals surface area contributed by atoms with Crippen molar-refractivity contribution in [2.45, 2.75) is 39.5 Å². The molecule has 2 aromatic rings. The van der Waals surface area contributed by atoms with Crippen molar-refractivity contribution in [1.82, 2.24) is 0 Å². The third-order valence-electron chi connectivity index (χ3n) is 2.67. The van der Waals surface area contributed by atoms with Crippen molar-refractivity contribution in [2.75, 3.05) is 0 Å². The molecule has 2 rings (SSSR count). The Morgan fingerprint density at radius 1 is 0.889 bits per heavy atom. The number of aryl methyl sites for hydroxylation is 2. The maximum Gasteiger partial charge on any atom is 0.0728 e. The Hall–Kier alpha value is 0.120. The van der Waals surface area contributed by atoms with Gasteiger partial charge in [-0.3, -0.25) is 0 Å². The molecule has 4 heteroatoms. The second-order valence-corrected chi connectivity index (χ2v) is 9.74. The van der Waals surface area contributed by atoms with Crippen molar-refractivity contribution in [2.24, 2.45) is 0 Å². The van der Waals surface area contributed by atoms with Crippen LogP contribution < -0.4 is 9.24 Å². The van der Waals surface area contributed by atoms with Gasteiger partial charge < -0.3 is 0 Å². The Balaban J connectivity index is 2.10. The van der Waals surface area contributed by atoms with Gasteiger partial charge in [-0.05, 0) is 37.1 Å². The lowest BCUT2D eigenvalue weighted by Gasteiger charge is -2.03. The molecular weight excluding hydrogens is 299 g/mol. The van der Waals surface area contributed by atoms with Crippen LogP contribution in [0.1, 0.15) is 36.4 Å². The molecule has 0 saturated carbocycles. The molecule has 0 radical (unpaired) electrons. The van der Waals surface area contributed by atoms with Gasteiger partial charge in [-0.2, -0.15) is 0 Å². The first-order valence-electron chi connectivity index (χ1n) is 6.38. The van der Waals surface area contributed by atoms with Gasteiger partial charge in [-0.1, -0.05) is 37.9 Å². The van der Waals surface area contributed by atoms with Crippen LogP contribution in [0.5, 0.6) is 0 Å².